The van der Waals surface area contributed by atoms with E-state index >= 15 is 0 Å². The van der Waals surface area contributed by atoms with Crippen molar-refractivity contribution in [1.82, 2.24) is 4.57 Å². The number of benzene rings is 1. The fourth-order valence-electron chi connectivity index (χ4n) is 2.33. The molecule has 0 bridgehead atoms. The molecule has 0 saturated heterocycles. The van der Waals surface area contributed by atoms with Crippen LogP contribution in [-0.2, 0) is 0 Å². The maximum atomic E-state index is 12.5. The summed E-state index contributed by atoms with van der Waals surface area (Å²) in [6, 6.07) is 10.9. The summed E-state index contributed by atoms with van der Waals surface area (Å²) in [5.74, 6) is 0.549. The van der Waals surface area contributed by atoms with Gasteiger partial charge in [-0.15, -0.1) is 0 Å². The number of hydrogen-bond acceptors (Lipinski definition) is 3. The molecule has 0 aliphatic carbocycles. The van der Waals surface area contributed by atoms with Crippen LogP contribution in [0.4, 0.5) is 0 Å². The highest BCUT2D eigenvalue weighted by molar-refractivity contribution is 5.94. The minimum Gasteiger partial charge on any atom is -0.497 e. The number of nitrogens with zero attached hydrogens (tertiary/aromatic N) is 1. The smallest absolute Gasteiger partial charge is 0.262 e. The van der Waals surface area contributed by atoms with Crippen LogP contribution in [0.25, 0.3) is 11.3 Å². The predicted octanol–water partition coefficient (Wildman–Crippen LogP) is 3.31. The number of carbonyl (C=O) groups is 1. The van der Waals surface area contributed by atoms with Crippen molar-refractivity contribution in [3.63, 3.8) is 0 Å². The van der Waals surface area contributed by atoms with Gasteiger partial charge in [0.05, 0.1) is 18.4 Å². The lowest BCUT2D eigenvalue weighted by Gasteiger charge is -2.17. The van der Waals surface area contributed by atoms with Crippen LogP contribution in [0.3, 0.4) is 0 Å². The highest BCUT2D eigenvalue weighted by Crippen LogP contribution is 2.24. The van der Waals surface area contributed by atoms with E-state index < -0.39 is 0 Å². The van der Waals surface area contributed by atoms with E-state index in [0.29, 0.717) is 0 Å². The Morgan fingerprint density at radius 2 is 1.71 bits per heavy atom. The maximum absolute atomic E-state index is 12.5. The molecule has 110 valence electrons. The molecule has 0 spiro atoms. The van der Waals surface area contributed by atoms with Gasteiger partial charge in [-0.25, -0.2) is 0 Å². The maximum Gasteiger partial charge on any atom is 0.262 e. The number of Topliss-reactive ketones (excluding diaryl/α,β-unsaturated/α-hetero) is 1. The lowest BCUT2D eigenvalue weighted by molar-refractivity contribution is 0.101. The van der Waals surface area contributed by atoms with E-state index in [1.165, 1.54) is 6.92 Å². The van der Waals surface area contributed by atoms with Gasteiger partial charge in [0.2, 0.25) is 0 Å². The number of ether oxygens (including phenoxy) is 1. The zero-order chi connectivity index (χ0) is 15.6. The van der Waals surface area contributed by atoms with Crippen LogP contribution in [0.1, 0.15) is 37.2 Å². The number of rotatable bonds is 4. The van der Waals surface area contributed by atoms with E-state index in [1.807, 2.05) is 44.2 Å². The normalized spacial score (nSPS) is 10.7. The Morgan fingerprint density at radius 3 is 2.19 bits per heavy atom. The van der Waals surface area contributed by atoms with Crippen molar-refractivity contribution in [1.29, 1.82) is 0 Å². The molecule has 21 heavy (non-hydrogen) atoms. The molecule has 0 aliphatic rings. The second-order valence-electron chi connectivity index (χ2n) is 5.19. The number of ketones is 1. The van der Waals surface area contributed by atoms with Crippen LogP contribution in [0.15, 0.2) is 41.2 Å². The molecule has 1 aromatic carbocycles. The van der Waals surface area contributed by atoms with Gasteiger partial charge in [-0.2, -0.15) is 0 Å². The Morgan fingerprint density at radius 1 is 1.10 bits per heavy atom. The lowest BCUT2D eigenvalue weighted by Crippen LogP contribution is -2.28. The zero-order valence-electron chi connectivity index (χ0n) is 12.7. The first-order valence-electron chi connectivity index (χ1n) is 6.86. The third kappa shape index (κ3) is 2.89. The summed E-state index contributed by atoms with van der Waals surface area (Å²) in [7, 11) is 1.61. The van der Waals surface area contributed by atoms with Gasteiger partial charge in [-0.05, 0) is 62.7 Å². The van der Waals surface area contributed by atoms with Crippen LogP contribution in [0.2, 0.25) is 0 Å². The Labute approximate surface area is 124 Å². The number of aromatic nitrogens is 1. The van der Waals surface area contributed by atoms with Gasteiger partial charge < -0.3 is 9.30 Å². The highest BCUT2D eigenvalue weighted by atomic mass is 16.5. The average Bonchev–Trinajstić information content (AvgIpc) is 2.46. The molecule has 0 atom stereocenters. The van der Waals surface area contributed by atoms with Gasteiger partial charge in [0.15, 0.2) is 5.78 Å². The summed E-state index contributed by atoms with van der Waals surface area (Å²) >= 11 is 0. The molecular formula is C17H19NO3. The third-order valence-electron chi connectivity index (χ3n) is 3.40. The monoisotopic (exact) mass is 285 g/mol. The fraction of sp³-hybridized carbons (Fsp3) is 0.294. The molecule has 0 fully saturated rings. The van der Waals surface area contributed by atoms with Crippen molar-refractivity contribution < 1.29 is 9.53 Å². The minimum absolute atomic E-state index is 0.0334. The topological polar surface area (TPSA) is 48.3 Å². The van der Waals surface area contributed by atoms with Gasteiger partial charge >= 0.3 is 0 Å². The predicted molar refractivity (Wildman–Crippen MR) is 83.1 cm³/mol. The van der Waals surface area contributed by atoms with Crippen LogP contribution in [-0.4, -0.2) is 17.5 Å². The Bertz CT molecular complexity index is 712. The second-order valence-corrected chi connectivity index (χ2v) is 5.19. The first-order chi connectivity index (χ1) is 9.95. The van der Waals surface area contributed by atoms with E-state index in [4.69, 9.17) is 4.74 Å². The molecule has 4 nitrogen and oxygen atoms in total. The fourth-order valence-corrected chi connectivity index (χ4v) is 2.33. The Kier molecular flexibility index (Phi) is 4.26. The van der Waals surface area contributed by atoms with Crippen LogP contribution >= 0.6 is 0 Å². The van der Waals surface area contributed by atoms with E-state index in [2.05, 4.69) is 0 Å². The number of pyridine rings is 1. The van der Waals surface area contributed by atoms with Gasteiger partial charge in [0.25, 0.3) is 5.56 Å². The molecule has 2 aromatic rings. The van der Waals surface area contributed by atoms with E-state index in [0.717, 1.165) is 17.0 Å². The molecule has 0 aliphatic heterocycles. The highest BCUT2D eigenvalue weighted by Gasteiger charge is 2.15. The quantitative estimate of drug-likeness (QED) is 0.810. The molecule has 0 saturated carbocycles. The molecule has 2 rings (SSSR count). The molecule has 4 heteroatoms. The van der Waals surface area contributed by atoms with Gasteiger partial charge in [-0.3, -0.25) is 9.59 Å². The SMILES string of the molecule is COc1ccc(-c2ccc(C(C)=O)c(=O)n2C(C)C)cc1. The zero-order valence-corrected chi connectivity index (χ0v) is 12.7. The van der Waals surface area contributed by atoms with E-state index in [1.54, 1.807) is 17.7 Å². The van der Waals surface area contributed by atoms with E-state index in [9.17, 15) is 9.59 Å². The summed E-state index contributed by atoms with van der Waals surface area (Å²) < 4.78 is 6.80. The van der Waals surface area contributed by atoms with Gasteiger partial charge in [0.1, 0.15) is 5.75 Å². The van der Waals surface area contributed by atoms with Gasteiger partial charge in [0, 0.05) is 6.04 Å². The minimum atomic E-state index is -0.245. The van der Waals surface area contributed by atoms with Crippen molar-refractivity contribution in [2.45, 2.75) is 26.8 Å². The summed E-state index contributed by atoms with van der Waals surface area (Å²) in [6.07, 6.45) is 0. The molecule has 0 amide bonds. The standard InChI is InChI=1S/C17H19NO3/c1-11(2)18-16(10-9-15(12(3)19)17(18)20)13-5-7-14(21-4)8-6-13/h5-11H,1-4H3. The third-order valence-corrected chi connectivity index (χ3v) is 3.40. The summed E-state index contributed by atoms with van der Waals surface area (Å²) in [4.78, 5) is 24.0. The first-order valence-corrected chi connectivity index (χ1v) is 6.86. The van der Waals surface area contributed by atoms with Crippen molar-refractivity contribution in [3.8, 4) is 17.0 Å². The largest absolute Gasteiger partial charge is 0.497 e. The van der Waals surface area contributed by atoms with E-state index in [-0.39, 0.29) is 22.9 Å². The summed E-state index contributed by atoms with van der Waals surface area (Å²) in [5, 5.41) is 0. The van der Waals surface area contributed by atoms with Crippen molar-refractivity contribution in [2.75, 3.05) is 7.11 Å². The number of carbonyl (C=O) groups excluding carboxylic acids is 1. The van der Waals surface area contributed by atoms with Crippen LogP contribution in [0, 0.1) is 0 Å². The molecular weight excluding hydrogens is 266 g/mol. The van der Waals surface area contributed by atoms with Crippen LogP contribution in [0.5, 0.6) is 5.75 Å². The number of methoxy groups -OCH3 is 1. The molecule has 0 unspecified atom stereocenters. The van der Waals surface area contributed by atoms with Crippen molar-refractivity contribution in [3.05, 3.63) is 52.3 Å². The summed E-state index contributed by atoms with van der Waals surface area (Å²) in [6.45, 7) is 5.27. The van der Waals surface area contributed by atoms with Crippen LogP contribution < -0.4 is 10.3 Å². The molecule has 0 N–H and O–H groups in total. The Hall–Kier alpha value is -2.36. The molecule has 0 radical (unpaired) electrons. The van der Waals surface area contributed by atoms with Crippen molar-refractivity contribution >= 4 is 5.78 Å². The Balaban J connectivity index is 2.65. The average molecular weight is 285 g/mol. The van der Waals surface area contributed by atoms with Gasteiger partial charge in [-0.1, -0.05) is 0 Å². The van der Waals surface area contributed by atoms with Crippen molar-refractivity contribution in [2.24, 2.45) is 0 Å². The molecule has 1 heterocycles. The summed E-state index contributed by atoms with van der Waals surface area (Å²) in [5.41, 5.74) is 1.69. The second kappa shape index (κ2) is 5.95. The first kappa shape index (κ1) is 15.0. The number of hydrogen-bond donors (Lipinski definition) is 0. The molecule has 1 aromatic heterocycles. The lowest BCUT2D eigenvalue weighted by atomic mass is 10.1.